The van der Waals surface area contributed by atoms with Crippen molar-refractivity contribution >= 4 is 21.7 Å². The van der Waals surface area contributed by atoms with Gasteiger partial charge in [0, 0.05) is 16.8 Å². The van der Waals surface area contributed by atoms with Crippen LogP contribution >= 0.6 is 15.9 Å². The van der Waals surface area contributed by atoms with Gasteiger partial charge in [0.05, 0.1) is 12.2 Å². The number of rotatable bonds is 3. The molecule has 4 heteroatoms. The van der Waals surface area contributed by atoms with E-state index in [4.69, 9.17) is 4.74 Å². The van der Waals surface area contributed by atoms with Gasteiger partial charge in [0.1, 0.15) is 11.6 Å². The van der Waals surface area contributed by atoms with Gasteiger partial charge in [0.2, 0.25) is 0 Å². The average molecular weight is 329 g/mol. The first-order valence-corrected chi connectivity index (χ1v) is 7.31. The zero-order chi connectivity index (χ0) is 14.2. The molecule has 1 aromatic carbocycles. The van der Waals surface area contributed by atoms with E-state index >= 15 is 0 Å². The maximum absolute atomic E-state index is 13.7. The molecule has 0 saturated carbocycles. The second-order valence-electron chi connectivity index (χ2n) is 5.31. The fourth-order valence-corrected chi connectivity index (χ4v) is 3.21. The largest absolute Gasteiger partial charge is 0.375 e. The number of ether oxygens (including phenoxy) is 1. The van der Waals surface area contributed by atoms with Crippen molar-refractivity contribution in [1.29, 1.82) is 0 Å². The summed E-state index contributed by atoms with van der Waals surface area (Å²) in [6.07, 6.45) is 0.116. The van der Waals surface area contributed by atoms with E-state index in [0.717, 1.165) is 4.47 Å². The minimum Gasteiger partial charge on any atom is -0.375 e. The highest BCUT2D eigenvalue weighted by Crippen LogP contribution is 2.33. The average Bonchev–Trinajstić information content (AvgIpc) is 2.58. The van der Waals surface area contributed by atoms with Crippen LogP contribution in [0, 0.1) is 17.7 Å². The van der Waals surface area contributed by atoms with Gasteiger partial charge in [-0.1, -0.05) is 22.9 Å². The molecule has 0 radical (unpaired) electrons. The van der Waals surface area contributed by atoms with Crippen molar-refractivity contribution < 1.29 is 13.9 Å². The third-order valence-corrected chi connectivity index (χ3v) is 4.48. The van der Waals surface area contributed by atoms with Crippen molar-refractivity contribution in [3.8, 4) is 0 Å². The van der Waals surface area contributed by atoms with Gasteiger partial charge in [0.25, 0.3) is 0 Å². The predicted molar refractivity (Wildman–Crippen MR) is 75.5 cm³/mol. The van der Waals surface area contributed by atoms with Gasteiger partial charge in [-0.2, -0.15) is 0 Å². The number of Topliss-reactive ketones (excluding diaryl/α,β-unsaturated/α-hetero) is 1. The summed E-state index contributed by atoms with van der Waals surface area (Å²) in [7, 11) is 0. The molecular formula is C15H18BrFO2. The van der Waals surface area contributed by atoms with Crippen LogP contribution in [0.25, 0.3) is 0 Å². The molecule has 2 nitrogen and oxygen atoms in total. The van der Waals surface area contributed by atoms with E-state index in [9.17, 15) is 9.18 Å². The van der Waals surface area contributed by atoms with Crippen LogP contribution < -0.4 is 0 Å². The van der Waals surface area contributed by atoms with E-state index < -0.39 is 0 Å². The SMILES string of the molecule is CC1OC(C)C(C(=O)Cc2cc(Br)ccc2F)C1C. The Morgan fingerprint density at radius 3 is 2.58 bits per heavy atom. The lowest BCUT2D eigenvalue weighted by molar-refractivity contribution is -0.124. The Hall–Kier alpha value is -0.740. The van der Waals surface area contributed by atoms with E-state index in [1.54, 1.807) is 12.1 Å². The molecule has 0 aliphatic carbocycles. The van der Waals surface area contributed by atoms with Crippen LogP contribution in [0.3, 0.4) is 0 Å². The second-order valence-corrected chi connectivity index (χ2v) is 6.23. The van der Waals surface area contributed by atoms with Gasteiger partial charge in [0.15, 0.2) is 0 Å². The zero-order valence-corrected chi connectivity index (χ0v) is 12.9. The normalized spacial score (nSPS) is 30.6. The summed E-state index contributed by atoms with van der Waals surface area (Å²) < 4.78 is 20.1. The van der Waals surface area contributed by atoms with Crippen molar-refractivity contribution in [2.24, 2.45) is 11.8 Å². The van der Waals surface area contributed by atoms with Gasteiger partial charge in [-0.3, -0.25) is 4.79 Å². The molecule has 0 bridgehead atoms. The van der Waals surface area contributed by atoms with Crippen LogP contribution in [-0.2, 0) is 16.0 Å². The molecular weight excluding hydrogens is 311 g/mol. The van der Waals surface area contributed by atoms with Crippen molar-refractivity contribution in [3.63, 3.8) is 0 Å². The van der Waals surface area contributed by atoms with Crippen molar-refractivity contribution in [1.82, 2.24) is 0 Å². The molecule has 1 aliphatic heterocycles. The summed E-state index contributed by atoms with van der Waals surface area (Å²) in [5, 5.41) is 0. The smallest absolute Gasteiger partial charge is 0.143 e. The van der Waals surface area contributed by atoms with Crippen LogP contribution in [-0.4, -0.2) is 18.0 Å². The molecule has 0 spiro atoms. The minimum atomic E-state index is -0.330. The molecule has 0 N–H and O–H groups in total. The molecule has 2 rings (SSSR count). The quantitative estimate of drug-likeness (QED) is 0.844. The lowest BCUT2D eigenvalue weighted by Crippen LogP contribution is -2.28. The zero-order valence-electron chi connectivity index (χ0n) is 11.3. The van der Waals surface area contributed by atoms with Gasteiger partial charge >= 0.3 is 0 Å². The molecule has 1 saturated heterocycles. The molecule has 0 amide bonds. The first-order valence-electron chi connectivity index (χ1n) is 6.52. The van der Waals surface area contributed by atoms with Crippen molar-refractivity contribution in [3.05, 3.63) is 34.1 Å². The van der Waals surface area contributed by atoms with Crippen LogP contribution in [0.4, 0.5) is 4.39 Å². The molecule has 1 heterocycles. The molecule has 4 unspecified atom stereocenters. The standard InChI is InChI=1S/C15H18BrFO2/c1-8-9(2)19-10(3)15(8)14(18)7-11-6-12(16)4-5-13(11)17/h4-6,8-10,15H,7H2,1-3H3. The first kappa shape index (κ1) is 14.7. The molecule has 1 fully saturated rings. The Labute approximate surface area is 121 Å². The lowest BCUT2D eigenvalue weighted by atomic mass is 9.84. The number of carbonyl (C=O) groups excluding carboxylic acids is 1. The Bertz CT molecular complexity index is 489. The van der Waals surface area contributed by atoms with Gasteiger partial charge in [-0.25, -0.2) is 4.39 Å². The van der Waals surface area contributed by atoms with Crippen LogP contribution in [0.2, 0.25) is 0 Å². The van der Waals surface area contributed by atoms with Crippen molar-refractivity contribution in [2.45, 2.75) is 39.4 Å². The minimum absolute atomic E-state index is 0.0568. The summed E-state index contributed by atoms with van der Waals surface area (Å²) in [4.78, 5) is 12.4. The summed E-state index contributed by atoms with van der Waals surface area (Å²) >= 11 is 3.30. The number of halogens is 2. The lowest BCUT2D eigenvalue weighted by Gasteiger charge is -2.17. The van der Waals surface area contributed by atoms with Crippen LogP contribution in [0.15, 0.2) is 22.7 Å². The number of carbonyl (C=O) groups is 1. The summed E-state index contributed by atoms with van der Waals surface area (Å²) in [6.45, 7) is 5.92. The monoisotopic (exact) mass is 328 g/mol. The van der Waals surface area contributed by atoms with Crippen LogP contribution in [0.5, 0.6) is 0 Å². The van der Waals surface area contributed by atoms with E-state index in [2.05, 4.69) is 15.9 Å². The van der Waals surface area contributed by atoms with Crippen LogP contribution in [0.1, 0.15) is 26.3 Å². The van der Waals surface area contributed by atoms with E-state index in [0.29, 0.717) is 5.56 Å². The maximum atomic E-state index is 13.7. The van der Waals surface area contributed by atoms with E-state index in [1.807, 2.05) is 20.8 Å². The highest BCUT2D eigenvalue weighted by atomic mass is 79.9. The third kappa shape index (κ3) is 3.06. The van der Waals surface area contributed by atoms with Gasteiger partial charge < -0.3 is 4.74 Å². The molecule has 0 aromatic heterocycles. The van der Waals surface area contributed by atoms with Gasteiger partial charge in [-0.15, -0.1) is 0 Å². The molecule has 1 aliphatic rings. The second kappa shape index (κ2) is 5.71. The number of ketones is 1. The summed E-state index contributed by atoms with van der Waals surface area (Å²) in [6, 6.07) is 4.68. The first-order chi connectivity index (χ1) is 8.90. The number of benzene rings is 1. The summed E-state index contributed by atoms with van der Waals surface area (Å²) in [5.41, 5.74) is 0.443. The third-order valence-electron chi connectivity index (χ3n) is 3.99. The molecule has 4 atom stereocenters. The fraction of sp³-hybridized carbons (Fsp3) is 0.533. The van der Waals surface area contributed by atoms with Gasteiger partial charge in [-0.05, 0) is 43.5 Å². The van der Waals surface area contributed by atoms with E-state index in [-0.39, 0.29) is 42.1 Å². The van der Waals surface area contributed by atoms with Crippen molar-refractivity contribution in [2.75, 3.05) is 0 Å². The topological polar surface area (TPSA) is 26.3 Å². The Balaban J connectivity index is 2.15. The summed E-state index contributed by atoms with van der Waals surface area (Å²) in [5.74, 6) is -0.240. The number of hydrogen-bond donors (Lipinski definition) is 0. The Morgan fingerprint density at radius 1 is 1.32 bits per heavy atom. The predicted octanol–water partition coefficient (Wildman–Crippen LogP) is 3.76. The van der Waals surface area contributed by atoms with E-state index in [1.165, 1.54) is 6.07 Å². The molecule has 1 aromatic rings. The molecule has 19 heavy (non-hydrogen) atoms. The number of hydrogen-bond acceptors (Lipinski definition) is 2. The highest BCUT2D eigenvalue weighted by molar-refractivity contribution is 9.10. The Morgan fingerprint density at radius 2 is 2.00 bits per heavy atom. The Kier molecular flexibility index (Phi) is 4.41. The fourth-order valence-electron chi connectivity index (χ4n) is 2.81. The maximum Gasteiger partial charge on any atom is 0.143 e. The molecule has 104 valence electrons. The highest BCUT2D eigenvalue weighted by Gasteiger charge is 2.41.